The molecule has 0 unspecified atom stereocenters. The molecule has 5 aromatic rings. The van der Waals surface area contributed by atoms with Crippen molar-refractivity contribution in [1.82, 2.24) is 25.1 Å². The van der Waals surface area contributed by atoms with Gasteiger partial charge in [0.2, 0.25) is 0 Å². The van der Waals surface area contributed by atoms with Crippen LogP contribution in [0.2, 0.25) is 0 Å². The Morgan fingerprint density at radius 3 is 2.57 bits per heavy atom. The highest BCUT2D eigenvalue weighted by Gasteiger charge is 2.33. The molecule has 1 aliphatic rings. The van der Waals surface area contributed by atoms with Crippen LogP contribution in [0, 0.1) is 12.7 Å². The Hall–Kier alpha value is -4.55. The van der Waals surface area contributed by atoms with E-state index in [0.29, 0.717) is 17.4 Å². The molecule has 0 aliphatic carbocycles. The van der Waals surface area contributed by atoms with E-state index in [0.717, 1.165) is 32.6 Å². The van der Waals surface area contributed by atoms with Crippen molar-refractivity contribution in [3.05, 3.63) is 130 Å². The first kappa shape index (κ1) is 29.5. The summed E-state index contributed by atoms with van der Waals surface area (Å²) in [6.45, 7) is 2.07. The second-order valence-corrected chi connectivity index (χ2v) is 11.9. The molecule has 3 heterocycles. The maximum atomic E-state index is 13.7. The largest absolute Gasteiger partial charge is 0.459 e. The lowest BCUT2D eigenvalue weighted by molar-refractivity contribution is -0.130. The monoisotopic (exact) mass is 672 g/mol. The van der Waals surface area contributed by atoms with Crippen LogP contribution in [-0.2, 0) is 11.3 Å². The molecule has 6 rings (SSSR count). The van der Waals surface area contributed by atoms with Crippen molar-refractivity contribution in [2.45, 2.75) is 31.1 Å². The number of hydrogen-bond acceptors (Lipinski definition) is 7. The van der Waals surface area contributed by atoms with E-state index in [1.165, 1.54) is 35.2 Å². The van der Waals surface area contributed by atoms with Gasteiger partial charge in [0.1, 0.15) is 5.82 Å². The number of aryl methyl sites for hydroxylation is 1. The van der Waals surface area contributed by atoms with Gasteiger partial charge >= 0.3 is 0 Å². The number of halogens is 2. The first-order chi connectivity index (χ1) is 21.4. The molecule has 1 aliphatic heterocycles. The zero-order valence-electron chi connectivity index (χ0n) is 23.5. The molecule has 2 amide bonds. The Morgan fingerprint density at radius 2 is 1.84 bits per heavy atom. The molecule has 0 fully saturated rings. The molecule has 3 aromatic carbocycles. The summed E-state index contributed by atoms with van der Waals surface area (Å²) in [4.78, 5) is 26.3. The van der Waals surface area contributed by atoms with Crippen molar-refractivity contribution in [1.29, 1.82) is 0 Å². The first-order valence-corrected chi connectivity index (χ1v) is 15.5. The van der Waals surface area contributed by atoms with Crippen molar-refractivity contribution < 1.29 is 18.4 Å². The number of amides is 2. The van der Waals surface area contributed by atoms with Gasteiger partial charge in [0, 0.05) is 16.6 Å². The van der Waals surface area contributed by atoms with E-state index in [-0.39, 0.29) is 41.7 Å². The number of nitrogens with zero attached hydrogens (tertiary/aromatic N) is 5. The fourth-order valence-electron chi connectivity index (χ4n) is 4.88. The van der Waals surface area contributed by atoms with Gasteiger partial charge in [-0.25, -0.2) is 9.40 Å². The van der Waals surface area contributed by atoms with Crippen LogP contribution in [0.25, 0.3) is 5.69 Å². The minimum atomic E-state index is -0.385. The standard InChI is InChI=1S/C32H26BrFN6O3S/c1-20-4-2-5-25(16-20)39-29(18-35-31(42)28-6-3-15-43-28)36-37-32(39)44-19-30(41)40-27(22-9-13-24(34)14-10-22)17-26(38-40)21-7-11-23(33)12-8-21/h2-16,27H,17-19H2,1H3,(H,35,42)/t27-/m1/s1. The van der Waals surface area contributed by atoms with Crippen molar-refractivity contribution in [3.8, 4) is 5.69 Å². The number of carbonyl (C=O) groups excluding carboxylic acids is 2. The molecule has 0 radical (unpaired) electrons. The van der Waals surface area contributed by atoms with E-state index in [2.05, 4.69) is 31.4 Å². The fraction of sp³-hybridized carbons (Fsp3) is 0.156. The van der Waals surface area contributed by atoms with Crippen molar-refractivity contribution in [2.24, 2.45) is 5.10 Å². The summed E-state index contributed by atoms with van der Waals surface area (Å²) in [7, 11) is 0. The average Bonchev–Trinajstić information content (AvgIpc) is 3.80. The third-order valence-corrected chi connectivity index (χ3v) is 8.48. The smallest absolute Gasteiger partial charge is 0.287 e. The van der Waals surface area contributed by atoms with Crippen molar-refractivity contribution in [2.75, 3.05) is 5.75 Å². The predicted octanol–water partition coefficient (Wildman–Crippen LogP) is 6.47. The second-order valence-electron chi connectivity index (χ2n) is 10.1. The fourth-order valence-corrected chi connectivity index (χ4v) is 5.97. The minimum Gasteiger partial charge on any atom is -0.459 e. The number of nitrogens with one attached hydrogen (secondary N) is 1. The van der Waals surface area contributed by atoms with E-state index in [4.69, 9.17) is 9.52 Å². The SMILES string of the molecule is Cc1cccc(-n2c(CNC(=O)c3ccco3)nnc2SCC(=O)N2N=C(c3ccc(Br)cc3)C[C@@H]2c2ccc(F)cc2)c1. The Kier molecular flexibility index (Phi) is 8.71. The van der Waals surface area contributed by atoms with Crippen LogP contribution in [0.4, 0.5) is 4.39 Å². The molecule has 0 saturated heterocycles. The summed E-state index contributed by atoms with van der Waals surface area (Å²) < 4.78 is 21.7. The van der Waals surface area contributed by atoms with Gasteiger partial charge in [-0.1, -0.05) is 64.1 Å². The summed E-state index contributed by atoms with van der Waals surface area (Å²) in [6.07, 6.45) is 1.92. The lowest BCUT2D eigenvalue weighted by Crippen LogP contribution is -2.28. The Labute approximate surface area is 265 Å². The Balaban J connectivity index is 1.25. The molecule has 12 heteroatoms. The lowest BCUT2D eigenvalue weighted by atomic mass is 9.98. The Morgan fingerprint density at radius 1 is 1.05 bits per heavy atom. The second kappa shape index (κ2) is 13.0. The van der Waals surface area contributed by atoms with Gasteiger partial charge in [0.15, 0.2) is 16.7 Å². The molecule has 9 nitrogen and oxygen atoms in total. The van der Waals surface area contributed by atoms with Gasteiger partial charge in [0.05, 0.1) is 30.3 Å². The summed E-state index contributed by atoms with van der Waals surface area (Å²) in [5, 5.41) is 18.2. The maximum absolute atomic E-state index is 13.7. The van der Waals surface area contributed by atoms with Crippen LogP contribution in [0.1, 0.15) is 45.5 Å². The van der Waals surface area contributed by atoms with Gasteiger partial charge in [-0.05, 0) is 72.1 Å². The summed E-state index contributed by atoms with van der Waals surface area (Å²) in [5.41, 5.74) is 4.29. The molecule has 44 heavy (non-hydrogen) atoms. The van der Waals surface area contributed by atoms with Gasteiger partial charge < -0.3 is 9.73 Å². The number of furan rings is 1. The summed E-state index contributed by atoms with van der Waals surface area (Å²) in [5.74, 6) is -0.248. The molecule has 1 N–H and O–H groups in total. The number of hydrazone groups is 1. The average molecular weight is 674 g/mol. The number of thioether (sulfide) groups is 1. The Bertz CT molecular complexity index is 1820. The van der Waals surface area contributed by atoms with E-state index in [1.807, 2.05) is 60.0 Å². The van der Waals surface area contributed by atoms with E-state index in [9.17, 15) is 14.0 Å². The molecular formula is C32H26BrFN6O3S. The lowest BCUT2D eigenvalue weighted by Gasteiger charge is -2.22. The number of rotatable bonds is 9. The highest BCUT2D eigenvalue weighted by Crippen LogP contribution is 2.34. The number of benzene rings is 3. The van der Waals surface area contributed by atoms with Crippen molar-refractivity contribution in [3.63, 3.8) is 0 Å². The molecule has 0 bridgehead atoms. The molecular weight excluding hydrogens is 647 g/mol. The number of carbonyl (C=O) groups is 2. The predicted molar refractivity (Wildman–Crippen MR) is 168 cm³/mol. The molecule has 2 aromatic heterocycles. The van der Waals surface area contributed by atoms with Gasteiger partial charge in [-0.3, -0.25) is 14.2 Å². The molecule has 1 atom stereocenters. The number of aromatic nitrogens is 3. The van der Waals surface area contributed by atoms with Gasteiger partial charge in [-0.15, -0.1) is 10.2 Å². The highest BCUT2D eigenvalue weighted by molar-refractivity contribution is 9.10. The third-order valence-electron chi connectivity index (χ3n) is 7.04. The van der Waals surface area contributed by atoms with Crippen LogP contribution >= 0.6 is 27.7 Å². The molecule has 0 saturated carbocycles. The summed E-state index contributed by atoms with van der Waals surface area (Å²) >= 11 is 4.69. The van der Waals surface area contributed by atoms with Crippen LogP contribution in [-0.4, -0.2) is 43.1 Å². The van der Waals surface area contributed by atoms with Crippen LogP contribution < -0.4 is 5.32 Å². The van der Waals surface area contributed by atoms with E-state index >= 15 is 0 Å². The normalized spacial score (nSPS) is 14.5. The first-order valence-electron chi connectivity index (χ1n) is 13.7. The topological polar surface area (TPSA) is 106 Å². The molecule has 0 spiro atoms. The summed E-state index contributed by atoms with van der Waals surface area (Å²) in [6, 6.07) is 24.5. The van der Waals surface area contributed by atoms with Gasteiger partial charge in [0.25, 0.3) is 11.8 Å². The quantitative estimate of drug-likeness (QED) is 0.180. The highest BCUT2D eigenvalue weighted by atomic mass is 79.9. The van der Waals surface area contributed by atoms with Gasteiger partial charge in [-0.2, -0.15) is 5.10 Å². The minimum absolute atomic E-state index is 0.0253. The van der Waals surface area contributed by atoms with Crippen molar-refractivity contribution >= 4 is 45.2 Å². The van der Waals surface area contributed by atoms with E-state index in [1.54, 1.807) is 24.3 Å². The third kappa shape index (κ3) is 6.51. The van der Waals surface area contributed by atoms with Crippen LogP contribution in [0.15, 0.2) is 110 Å². The van der Waals surface area contributed by atoms with Crippen LogP contribution in [0.3, 0.4) is 0 Å². The maximum Gasteiger partial charge on any atom is 0.287 e. The molecule has 222 valence electrons. The number of hydrogen-bond donors (Lipinski definition) is 1. The van der Waals surface area contributed by atoms with Crippen LogP contribution in [0.5, 0.6) is 0 Å². The zero-order valence-corrected chi connectivity index (χ0v) is 25.9. The van der Waals surface area contributed by atoms with E-state index < -0.39 is 0 Å². The zero-order chi connectivity index (χ0) is 30.6.